The first-order valence-corrected chi connectivity index (χ1v) is 21.7. The van der Waals surface area contributed by atoms with Gasteiger partial charge in [0.2, 0.25) is 0 Å². The summed E-state index contributed by atoms with van der Waals surface area (Å²) in [7, 11) is 0. The Hall–Kier alpha value is -8.60. The molecule has 13 rings (SSSR count). The number of nitrogens with zero attached hydrogens (tertiary/aromatic N) is 1. The van der Waals surface area contributed by atoms with E-state index >= 15 is 0 Å². The number of hydrogen-bond donors (Lipinski definition) is 0. The van der Waals surface area contributed by atoms with Gasteiger partial charge in [0.05, 0.1) is 0 Å². The maximum atomic E-state index is 7.07. The molecule has 300 valence electrons. The SMILES string of the molecule is c1ccc(-c2ccc(N(c3ccc(-c4ccccc4)cc3)c3cccc(-c4cccc5oc6c(-c7cccc8c7oc7ccccc78)c7c(cc6c45)oc4ccccc47)c3)cc2)cc1. The van der Waals surface area contributed by atoms with E-state index in [1.807, 2.05) is 24.3 Å². The molecule has 3 heterocycles. The predicted molar refractivity (Wildman–Crippen MR) is 265 cm³/mol. The Kier molecular flexibility index (Phi) is 8.18. The molecule has 0 atom stereocenters. The first-order chi connectivity index (χ1) is 31.7. The fourth-order valence-electron chi connectivity index (χ4n) is 9.73. The molecule has 13 aromatic rings. The topological polar surface area (TPSA) is 42.7 Å². The molecule has 4 nitrogen and oxygen atoms in total. The molecule has 3 aromatic heterocycles. The molecule has 10 aromatic carbocycles. The zero-order valence-electron chi connectivity index (χ0n) is 34.5. The maximum absolute atomic E-state index is 7.07. The van der Waals surface area contributed by atoms with Crippen LogP contribution in [0, 0.1) is 0 Å². The second-order valence-corrected chi connectivity index (χ2v) is 16.4. The maximum Gasteiger partial charge on any atom is 0.144 e. The molecular weight excluding hydrogens is 783 g/mol. The van der Waals surface area contributed by atoms with Crippen molar-refractivity contribution in [1.29, 1.82) is 0 Å². The van der Waals surface area contributed by atoms with Gasteiger partial charge in [-0.15, -0.1) is 0 Å². The van der Waals surface area contributed by atoms with E-state index in [0.29, 0.717) is 0 Å². The van der Waals surface area contributed by atoms with Gasteiger partial charge in [0.15, 0.2) is 0 Å². The van der Waals surface area contributed by atoms with Gasteiger partial charge in [0.1, 0.15) is 33.5 Å². The molecule has 0 radical (unpaired) electrons. The highest BCUT2D eigenvalue weighted by molar-refractivity contribution is 6.27. The van der Waals surface area contributed by atoms with E-state index in [2.05, 4.69) is 205 Å². The number of para-hydroxylation sites is 3. The lowest BCUT2D eigenvalue weighted by atomic mass is 9.93. The van der Waals surface area contributed by atoms with Crippen molar-refractivity contribution < 1.29 is 13.3 Å². The molecule has 4 heteroatoms. The molecule has 0 aliphatic carbocycles. The molecule has 0 unspecified atom stereocenters. The minimum Gasteiger partial charge on any atom is -0.456 e. The Morgan fingerprint density at radius 2 is 0.781 bits per heavy atom. The highest BCUT2D eigenvalue weighted by atomic mass is 16.3. The minimum absolute atomic E-state index is 0.796. The fourth-order valence-corrected chi connectivity index (χ4v) is 9.73. The van der Waals surface area contributed by atoms with E-state index in [9.17, 15) is 0 Å². The number of rotatable bonds is 7. The predicted octanol–water partition coefficient (Wildman–Crippen LogP) is 17.5. The Morgan fingerprint density at radius 3 is 1.48 bits per heavy atom. The molecule has 0 saturated carbocycles. The van der Waals surface area contributed by atoms with Crippen molar-refractivity contribution in [3.8, 4) is 44.5 Å². The van der Waals surface area contributed by atoms with Gasteiger partial charge < -0.3 is 18.2 Å². The van der Waals surface area contributed by atoms with Crippen LogP contribution < -0.4 is 4.90 Å². The lowest BCUT2D eigenvalue weighted by Crippen LogP contribution is -2.10. The number of benzene rings is 10. The summed E-state index contributed by atoms with van der Waals surface area (Å²) in [5.74, 6) is 0. The van der Waals surface area contributed by atoms with Crippen LogP contribution in [0.15, 0.2) is 238 Å². The van der Waals surface area contributed by atoms with E-state index in [1.54, 1.807) is 0 Å². The van der Waals surface area contributed by atoms with Crippen molar-refractivity contribution in [2.24, 2.45) is 0 Å². The Labute approximate surface area is 368 Å². The lowest BCUT2D eigenvalue weighted by Gasteiger charge is -2.26. The summed E-state index contributed by atoms with van der Waals surface area (Å²) in [6.45, 7) is 0. The van der Waals surface area contributed by atoms with Gasteiger partial charge in [-0.2, -0.15) is 0 Å². The summed E-state index contributed by atoms with van der Waals surface area (Å²) in [5.41, 5.74) is 16.9. The van der Waals surface area contributed by atoms with Crippen LogP contribution >= 0.6 is 0 Å². The van der Waals surface area contributed by atoms with Crippen molar-refractivity contribution in [1.82, 2.24) is 0 Å². The molecule has 0 spiro atoms. The van der Waals surface area contributed by atoms with Gasteiger partial charge in [0.25, 0.3) is 0 Å². The number of fused-ring (bicyclic) bond motifs is 9. The quantitative estimate of drug-likeness (QED) is 0.161. The van der Waals surface area contributed by atoms with Crippen LogP contribution in [0.25, 0.3) is 110 Å². The van der Waals surface area contributed by atoms with Gasteiger partial charge in [-0.1, -0.05) is 164 Å². The summed E-state index contributed by atoms with van der Waals surface area (Å²) >= 11 is 0. The second kappa shape index (κ2) is 14.5. The average Bonchev–Trinajstić information content (AvgIpc) is 4.06. The van der Waals surface area contributed by atoms with Crippen LogP contribution in [0.1, 0.15) is 0 Å². The summed E-state index contributed by atoms with van der Waals surface area (Å²) in [4.78, 5) is 2.34. The molecule has 0 amide bonds. The van der Waals surface area contributed by atoms with E-state index in [-0.39, 0.29) is 0 Å². The largest absolute Gasteiger partial charge is 0.456 e. The van der Waals surface area contributed by atoms with Crippen LogP contribution in [0.2, 0.25) is 0 Å². The smallest absolute Gasteiger partial charge is 0.144 e. The third kappa shape index (κ3) is 5.77. The Bertz CT molecular complexity index is 3790. The van der Waals surface area contributed by atoms with Crippen LogP contribution in [0.5, 0.6) is 0 Å². The summed E-state index contributed by atoms with van der Waals surface area (Å²) < 4.78 is 20.4. The number of furan rings is 3. The molecule has 0 saturated heterocycles. The van der Waals surface area contributed by atoms with E-state index in [4.69, 9.17) is 13.3 Å². The molecule has 64 heavy (non-hydrogen) atoms. The van der Waals surface area contributed by atoms with Crippen molar-refractivity contribution >= 4 is 82.9 Å². The normalized spacial score (nSPS) is 11.8. The van der Waals surface area contributed by atoms with Gasteiger partial charge in [-0.3, -0.25) is 0 Å². The molecule has 0 aliphatic rings. The highest BCUT2D eigenvalue weighted by Crippen LogP contribution is 2.49. The molecular formula is C60H37NO3. The first-order valence-electron chi connectivity index (χ1n) is 21.7. The summed E-state index contributed by atoms with van der Waals surface area (Å²) in [6, 6.07) is 79.0. The van der Waals surface area contributed by atoms with Gasteiger partial charge in [0, 0.05) is 60.5 Å². The molecule has 0 N–H and O–H groups in total. The highest BCUT2D eigenvalue weighted by Gasteiger charge is 2.25. The third-order valence-electron chi connectivity index (χ3n) is 12.7. The van der Waals surface area contributed by atoms with Crippen LogP contribution in [-0.4, -0.2) is 0 Å². The van der Waals surface area contributed by atoms with Crippen LogP contribution in [0.3, 0.4) is 0 Å². The Morgan fingerprint density at radius 1 is 0.266 bits per heavy atom. The number of anilines is 3. The Balaban J connectivity index is 1.01. The standard InChI is InChI=1S/C60H37NO3/c1-3-14-38(15-4-1)40-28-32-43(33-29-40)61(44-34-30-41(31-35-44)39-16-5-2-6-17-39)45-19-11-18-42(36-45)46-22-13-27-54-56(46)51-37-55-57(49-21-8-10-26-53(49)62-55)58(60(51)64-54)50-24-12-23-48-47-20-7-9-25-52(47)63-59(48)50/h1-37H. The zero-order valence-corrected chi connectivity index (χ0v) is 34.5. The van der Waals surface area contributed by atoms with E-state index in [0.717, 1.165) is 105 Å². The fraction of sp³-hybridized carbons (Fsp3) is 0. The summed E-state index contributed by atoms with van der Waals surface area (Å²) in [6.07, 6.45) is 0. The lowest BCUT2D eigenvalue weighted by molar-refractivity contribution is 0.662. The molecule has 0 fully saturated rings. The zero-order chi connectivity index (χ0) is 42.1. The third-order valence-corrected chi connectivity index (χ3v) is 12.7. The minimum atomic E-state index is 0.796. The van der Waals surface area contributed by atoms with Crippen molar-refractivity contribution in [3.63, 3.8) is 0 Å². The van der Waals surface area contributed by atoms with E-state index in [1.165, 1.54) is 22.3 Å². The number of hydrogen-bond acceptors (Lipinski definition) is 4. The van der Waals surface area contributed by atoms with Gasteiger partial charge in [-0.25, -0.2) is 0 Å². The van der Waals surface area contributed by atoms with Crippen LogP contribution in [-0.2, 0) is 0 Å². The monoisotopic (exact) mass is 819 g/mol. The first kappa shape index (κ1) is 36.1. The van der Waals surface area contributed by atoms with Gasteiger partial charge in [-0.05, 0) is 94.0 Å². The summed E-state index contributed by atoms with van der Waals surface area (Å²) in [5, 5.41) is 6.19. The van der Waals surface area contributed by atoms with Crippen LogP contribution in [0.4, 0.5) is 17.1 Å². The van der Waals surface area contributed by atoms with Gasteiger partial charge >= 0.3 is 0 Å². The molecule has 0 aliphatic heterocycles. The van der Waals surface area contributed by atoms with Crippen molar-refractivity contribution in [3.05, 3.63) is 224 Å². The second-order valence-electron chi connectivity index (χ2n) is 16.4. The average molecular weight is 820 g/mol. The van der Waals surface area contributed by atoms with E-state index < -0.39 is 0 Å². The van der Waals surface area contributed by atoms with Crippen molar-refractivity contribution in [2.45, 2.75) is 0 Å². The molecule has 0 bridgehead atoms. The van der Waals surface area contributed by atoms with Crippen molar-refractivity contribution in [2.75, 3.05) is 4.90 Å².